The van der Waals surface area contributed by atoms with Crippen molar-refractivity contribution in [3.8, 4) is 11.3 Å². The minimum absolute atomic E-state index is 0.153. The van der Waals surface area contributed by atoms with E-state index < -0.39 is 5.97 Å². The number of carboxylic acids is 1. The summed E-state index contributed by atoms with van der Waals surface area (Å²) < 4.78 is 5.10. The van der Waals surface area contributed by atoms with Gasteiger partial charge in [-0.25, -0.2) is 4.79 Å². The van der Waals surface area contributed by atoms with Crippen molar-refractivity contribution in [3.63, 3.8) is 0 Å². The summed E-state index contributed by atoms with van der Waals surface area (Å²) >= 11 is 0. The lowest BCUT2D eigenvalue weighted by Crippen LogP contribution is -1.96. The molecule has 0 spiro atoms. The van der Waals surface area contributed by atoms with Gasteiger partial charge < -0.3 is 14.8 Å². The molecule has 2 N–H and O–H groups in total. The molecule has 2 rings (SSSR count). The molecule has 1 heterocycles. The third-order valence-electron chi connectivity index (χ3n) is 2.33. The number of benzene rings is 1. The molecule has 17 heavy (non-hydrogen) atoms. The molecule has 0 saturated heterocycles. The number of aromatic carboxylic acids is 1. The highest BCUT2D eigenvalue weighted by atomic mass is 16.4. The Bertz CT molecular complexity index is 561. The molecule has 1 aromatic heterocycles. The maximum atomic E-state index is 11.0. The SMILES string of the molecule is CNc1nc(-c2cccc(C)c2)c(C(=O)O)o1. The van der Waals surface area contributed by atoms with Crippen molar-refractivity contribution in [1.82, 2.24) is 4.98 Å². The number of carbonyl (C=O) groups is 1. The van der Waals surface area contributed by atoms with E-state index in [9.17, 15) is 4.79 Å². The second kappa shape index (κ2) is 4.29. The molecule has 0 atom stereocenters. The topological polar surface area (TPSA) is 75.4 Å². The zero-order valence-corrected chi connectivity index (χ0v) is 9.52. The van der Waals surface area contributed by atoms with Gasteiger partial charge in [-0.2, -0.15) is 4.98 Å². The summed E-state index contributed by atoms with van der Waals surface area (Å²) in [7, 11) is 1.62. The molecule has 5 heteroatoms. The van der Waals surface area contributed by atoms with Crippen LogP contribution in [0.3, 0.4) is 0 Å². The van der Waals surface area contributed by atoms with Crippen LogP contribution in [0.15, 0.2) is 28.7 Å². The van der Waals surface area contributed by atoms with Gasteiger partial charge in [0.25, 0.3) is 6.01 Å². The average molecular weight is 232 g/mol. The first-order chi connectivity index (χ1) is 8.11. The average Bonchev–Trinajstić information content (AvgIpc) is 2.73. The van der Waals surface area contributed by atoms with E-state index in [4.69, 9.17) is 9.52 Å². The zero-order chi connectivity index (χ0) is 12.4. The van der Waals surface area contributed by atoms with Crippen molar-refractivity contribution in [1.29, 1.82) is 0 Å². The number of rotatable bonds is 3. The highest BCUT2D eigenvalue weighted by Crippen LogP contribution is 2.26. The number of aryl methyl sites for hydroxylation is 1. The number of anilines is 1. The Labute approximate surface area is 98.1 Å². The fourth-order valence-corrected chi connectivity index (χ4v) is 1.56. The Morgan fingerprint density at radius 1 is 1.47 bits per heavy atom. The summed E-state index contributed by atoms with van der Waals surface area (Å²) in [4.78, 5) is 15.2. The fraction of sp³-hybridized carbons (Fsp3) is 0.167. The van der Waals surface area contributed by atoms with Crippen LogP contribution >= 0.6 is 0 Å². The molecule has 0 unspecified atom stereocenters. The Balaban J connectivity index is 2.57. The van der Waals surface area contributed by atoms with Gasteiger partial charge >= 0.3 is 5.97 Å². The van der Waals surface area contributed by atoms with Gasteiger partial charge in [-0.1, -0.05) is 23.8 Å². The third kappa shape index (κ3) is 2.13. The molecule has 0 bridgehead atoms. The molecule has 0 aliphatic rings. The number of hydrogen-bond donors (Lipinski definition) is 2. The summed E-state index contributed by atoms with van der Waals surface area (Å²) in [6, 6.07) is 7.65. The summed E-state index contributed by atoms with van der Waals surface area (Å²) in [5, 5.41) is 11.7. The van der Waals surface area contributed by atoms with Crippen molar-refractivity contribution in [3.05, 3.63) is 35.6 Å². The molecule has 0 fully saturated rings. The van der Waals surface area contributed by atoms with Crippen LogP contribution in [-0.4, -0.2) is 23.1 Å². The van der Waals surface area contributed by atoms with Crippen molar-refractivity contribution in [2.24, 2.45) is 0 Å². The summed E-state index contributed by atoms with van der Waals surface area (Å²) in [6.07, 6.45) is 0. The quantitative estimate of drug-likeness (QED) is 0.849. The second-order valence-electron chi connectivity index (χ2n) is 3.62. The van der Waals surface area contributed by atoms with Crippen LogP contribution < -0.4 is 5.32 Å². The van der Waals surface area contributed by atoms with E-state index >= 15 is 0 Å². The van der Waals surface area contributed by atoms with Crippen LogP contribution in [0.2, 0.25) is 0 Å². The molecule has 0 saturated carbocycles. The zero-order valence-electron chi connectivity index (χ0n) is 9.52. The van der Waals surface area contributed by atoms with Crippen molar-refractivity contribution < 1.29 is 14.3 Å². The molecule has 1 aromatic carbocycles. The number of carboxylic acid groups (broad SMARTS) is 1. The van der Waals surface area contributed by atoms with Crippen LogP contribution in [0.4, 0.5) is 6.01 Å². The lowest BCUT2D eigenvalue weighted by molar-refractivity contribution is 0.0665. The molecule has 0 aliphatic heterocycles. The van der Waals surface area contributed by atoms with Gasteiger partial charge in [0.2, 0.25) is 5.76 Å². The van der Waals surface area contributed by atoms with E-state index in [0.717, 1.165) is 11.1 Å². The second-order valence-corrected chi connectivity index (χ2v) is 3.62. The standard InChI is InChI=1S/C12H12N2O3/c1-7-4-3-5-8(6-7)9-10(11(15)16)17-12(13-2)14-9/h3-6H,1-2H3,(H,13,14)(H,15,16). The third-order valence-corrected chi connectivity index (χ3v) is 2.33. The maximum absolute atomic E-state index is 11.0. The molecule has 5 nitrogen and oxygen atoms in total. The van der Waals surface area contributed by atoms with E-state index in [1.54, 1.807) is 13.1 Å². The number of aromatic nitrogens is 1. The van der Waals surface area contributed by atoms with Gasteiger partial charge in [-0.3, -0.25) is 0 Å². The molecule has 2 aromatic rings. The number of hydrogen-bond acceptors (Lipinski definition) is 4. The van der Waals surface area contributed by atoms with E-state index in [-0.39, 0.29) is 11.8 Å². The number of oxazole rings is 1. The lowest BCUT2D eigenvalue weighted by atomic mass is 10.1. The van der Waals surface area contributed by atoms with Crippen molar-refractivity contribution in [2.45, 2.75) is 6.92 Å². The predicted octanol–water partition coefficient (Wildman–Crippen LogP) is 2.39. The number of nitrogens with one attached hydrogen (secondary N) is 1. The summed E-state index contributed by atoms with van der Waals surface area (Å²) in [6.45, 7) is 1.93. The first-order valence-corrected chi connectivity index (χ1v) is 5.10. The Kier molecular flexibility index (Phi) is 2.82. The number of nitrogens with zero attached hydrogens (tertiary/aromatic N) is 1. The Hall–Kier alpha value is -2.30. The maximum Gasteiger partial charge on any atom is 0.374 e. The minimum atomic E-state index is -1.13. The van der Waals surface area contributed by atoms with Gasteiger partial charge in [0.15, 0.2) is 0 Å². The fourth-order valence-electron chi connectivity index (χ4n) is 1.56. The molecular formula is C12H12N2O3. The van der Waals surface area contributed by atoms with Gasteiger partial charge in [-0.15, -0.1) is 0 Å². The van der Waals surface area contributed by atoms with Crippen LogP contribution in [0.1, 0.15) is 16.1 Å². The highest BCUT2D eigenvalue weighted by Gasteiger charge is 2.20. The van der Waals surface area contributed by atoms with Gasteiger partial charge in [0.1, 0.15) is 5.69 Å². The van der Waals surface area contributed by atoms with Crippen LogP contribution in [0, 0.1) is 6.92 Å². The lowest BCUT2D eigenvalue weighted by Gasteiger charge is -1.98. The molecule has 88 valence electrons. The highest BCUT2D eigenvalue weighted by molar-refractivity contribution is 5.92. The Morgan fingerprint density at radius 2 is 2.24 bits per heavy atom. The predicted molar refractivity (Wildman–Crippen MR) is 63.2 cm³/mol. The van der Waals surface area contributed by atoms with Gasteiger partial charge in [0, 0.05) is 12.6 Å². The molecule has 0 radical (unpaired) electrons. The van der Waals surface area contributed by atoms with E-state index in [0.29, 0.717) is 5.69 Å². The Morgan fingerprint density at radius 3 is 2.82 bits per heavy atom. The molecule has 0 amide bonds. The first-order valence-electron chi connectivity index (χ1n) is 5.10. The molecular weight excluding hydrogens is 220 g/mol. The summed E-state index contributed by atoms with van der Waals surface area (Å²) in [5.74, 6) is -1.28. The van der Waals surface area contributed by atoms with Crippen LogP contribution in [0.5, 0.6) is 0 Å². The van der Waals surface area contributed by atoms with Gasteiger partial charge in [-0.05, 0) is 13.0 Å². The van der Waals surface area contributed by atoms with E-state index in [2.05, 4.69) is 10.3 Å². The minimum Gasteiger partial charge on any atom is -0.475 e. The van der Waals surface area contributed by atoms with E-state index in [1.165, 1.54) is 0 Å². The smallest absolute Gasteiger partial charge is 0.374 e. The molecule has 0 aliphatic carbocycles. The van der Waals surface area contributed by atoms with Crippen LogP contribution in [0.25, 0.3) is 11.3 Å². The van der Waals surface area contributed by atoms with E-state index in [1.807, 2.05) is 25.1 Å². The van der Waals surface area contributed by atoms with Crippen LogP contribution in [-0.2, 0) is 0 Å². The summed E-state index contributed by atoms with van der Waals surface area (Å²) in [5.41, 5.74) is 2.10. The largest absolute Gasteiger partial charge is 0.475 e. The monoisotopic (exact) mass is 232 g/mol. The van der Waals surface area contributed by atoms with Crippen molar-refractivity contribution in [2.75, 3.05) is 12.4 Å². The van der Waals surface area contributed by atoms with Gasteiger partial charge in [0.05, 0.1) is 0 Å². The van der Waals surface area contributed by atoms with Crippen molar-refractivity contribution >= 4 is 12.0 Å². The first kappa shape index (κ1) is 11.2. The normalized spacial score (nSPS) is 10.2.